The Hall–Kier alpha value is -2.89. The van der Waals surface area contributed by atoms with Gasteiger partial charge in [0.25, 0.3) is 0 Å². The van der Waals surface area contributed by atoms with Crippen molar-refractivity contribution in [3.63, 3.8) is 0 Å². The van der Waals surface area contributed by atoms with Crippen LogP contribution in [0.1, 0.15) is 32.3 Å². The van der Waals surface area contributed by atoms with Crippen molar-refractivity contribution in [1.29, 1.82) is 0 Å². The van der Waals surface area contributed by atoms with Gasteiger partial charge in [-0.1, -0.05) is 6.07 Å². The third-order valence-electron chi connectivity index (χ3n) is 3.42. The lowest BCUT2D eigenvalue weighted by atomic mass is 10.1. The molecule has 0 unspecified atom stereocenters. The first-order chi connectivity index (χ1) is 10.6. The van der Waals surface area contributed by atoms with Crippen molar-refractivity contribution in [3.8, 4) is 0 Å². The number of carbonyl (C=O) groups is 2. The van der Waals surface area contributed by atoms with Crippen molar-refractivity contribution in [3.05, 3.63) is 53.0 Å². The monoisotopic (exact) mass is 298 g/mol. The summed E-state index contributed by atoms with van der Waals surface area (Å²) in [6, 6.07) is 9.01. The number of rotatable bonds is 4. The van der Waals surface area contributed by atoms with E-state index in [2.05, 4.69) is 9.84 Å². The van der Waals surface area contributed by atoms with E-state index >= 15 is 0 Å². The van der Waals surface area contributed by atoms with Crippen LogP contribution in [0.5, 0.6) is 0 Å². The van der Waals surface area contributed by atoms with Crippen LogP contribution in [0.25, 0.3) is 11.0 Å². The van der Waals surface area contributed by atoms with E-state index < -0.39 is 5.97 Å². The van der Waals surface area contributed by atoms with E-state index in [0.29, 0.717) is 17.8 Å². The lowest BCUT2D eigenvalue weighted by Crippen LogP contribution is -2.04. The molecule has 0 atom stereocenters. The smallest absolute Gasteiger partial charge is 0.373 e. The molecule has 1 aromatic carbocycles. The van der Waals surface area contributed by atoms with E-state index in [-0.39, 0.29) is 5.76 Å². The first kappa shape index (κ1) is 14.1. The fourth-order valence-electron chi connectivity index (χ4n) is 2.32. The zero-order chi connectivity index (χ0) is 15.7. The Morgan fingerprint density at radius 2 is 2.18 bits per heavy atom. The molecule has 2 heterocycles. The SMILES string of the molecule is COC(=O)c1cc2cc(Cn3nc(C=O)cc3C)ccc2o1. The van der Waals surface area contributed by atoms with E-state index in [9.17, 15) is 9.59 Å². The van der Waals surface area contributed by atoms with E-state index in [0.717, 1.165) is 22.9 Å². The second-order valence-electron chi connectivity index (χ2n) is 4.96. The maximum Gasteiger partial charge on any atom is 0.373 e. The van der Waals surface area contributed by atoms with Gasteiger partial charge in [-0.25, -0.2) is 4.79 Å². The van der Waals surface area contributed by atoms with Crippen LogP contribution in [0.3, 0.4) is 0 Å². The lowest BCUT2D eigenvalue weighted by Gasteiger charge is -2.04. The Kier molecular flexibility index (Phi) is 3.50. The van der Waals surface area contributed by atoms with Crippen LogP contribution in [-0.4, -0.2) is 29.1 Å². The molecule has 6 nitrogen and oxygen atoms in total. The zero-order valence-electron chi connectivity index (χ0n) is 12.2. The van der Waals surface area contributed by atoms with Gasteiger partial charge in [-0.3, -0.25) is 9.48 Å². The number of furan rings is 1. The highest BCUT2D eigenvalue weighted by Crippen LogP contribution is 2.22. The molecule has 0 amide bonds. The van der Waals surface area contributed by atoms with Gasteiger partial charge >= 0.3 is 5.97 Å². The first-order valence-electron chi connectivity index (χ1n) is 6.71. The van der Waals surface area contributed by atoms with Crippen molar-refractivity contribution in [2.75, 3.05) is 7.11 Å². The summed E-state index contributed by atoms with van der Waals surface area (Å²) in [4.78, 5) is 22.2. The average Bonchev–Trinajstić information content (AvgIpc) is 3.10. The Bertz CT molecular complexity index is 860. The minimum Gasteiger partial charge on any atom is -0.463 e. The van der Waals surface area contributed by atoms with Crippen LogP contribution in [0.2, 0.25) is 0 Å². The van der Waals surface area contributed by atoms with E-state index in [4.69, 9.17) is 4.42 Å². The molecule has 0 aliphatic rings. The number of aromatic nitrogens is 2. The number of fused-ring (bicyclic) bond motifs is 1. The molecule has 2 aromatic heterocycles. The van der Waals surface area contributed by atoms with Gasteiger partial charge in [0.15, 0.2) is 6.29 Å². The van der Waals surface area contributed by atoms with Gasteiger partial charge in [-0.2, -0.15) is 5.10 Å². The van der Waals surface area contributed by atoms with Gasteiger partial charge in [0.1, 0.15) is 11.3 Å². The largest absolute Gasteiger partial charge is 0.463 e. The number of ether oxygens (including phenoxy) is 1. The Morgan fingerprint density at radius 3 is 2.86 bits per heavy atom. The maximum absolute atomic E-state index is 11.5. The standard InChI is InChI=1S/C16H14N2O4/c1-10-5-13(9-19)17-18(10)8-11-3-4-14-12(6-11)7-15(22-14)16(20)21-2/h3-7,9H,8H2,1-2H3. The van der Waals surface area contributed by atoms with Crippen molar-refractivity contribution in [1.82, 2.24) is 9.78 Å². The highest BCUT2D eigenvalue weighted by atomic mass is 16.5. The number of hydrogen-bond acceptors (Lipinski definition) is 5. The number of aldehydes is 1. The number of benzene rings is 1. The molecule has 0 aliphatic heterocycles. The summed E-state index contributed by atoms with van der Waals surface area (Å²) >= 11 is 0. The summed E-state index contributed by atoms with van der Waals surface area (Å²) in [7, 11) is 1.31. The predicted molar refractivity (Wildman–Crippen MR) is 79.0 cm³/mol. The molecule has 6 heteroatoms. The van der Waals surface area contributed by atoms with Crippen LogP contribution < -0.4 is 0 Å². The second kappa shape index (κ2) is 5.48. The number of esters is 1. The minimum atomic E-state index is -0.503. The molecule has 112 valence electrons. The molecule has 0 N–H and O–H groups in total. The molecule has 0 bridgehead atoms. The van der Waals surface area contributed by atoms with E-state index in [1.165, 1.54) is 7.11 Å². The number of carbonyl (C=O) groups excluding carboxylic acids is 2. The molecule has 22 heavy (non-hydrogen) atoms. The van der Waals surface area contributed by atoms with Gasteiger partial charge < -0.3 is 9.15 Å². The van der Waals surface area contributed by atoms with Gasteiger partial charge in [0.2, 0.25) is 5.76 Å². The number of aryl methyl sites for hydroxylation is 1. The molecule has 0 saturated carbocycles. The fourth-order valence-corrected chi connectivity index (χ4v) is 2.32. The summed E-state index contributed by atoms with van der Waals surface area (Å²) in [6.45, 7) is 2.43. The third kappa shape index (κ3) is 2.50. The lowest BCUT2D eigenvalue weighted by molar-refractivity contribution is 0.0567. The van der Waals surface area contributed by atoms with E-state index in [1.54, 1.807) is 22.9 Å². The molecule has 0 radical (unpaired) electrons. The van der Waals surface area contributed by atoms with Gasteiger partial charge in [0.05, 0.1) is 13.7 Å². The van der Waals surface area contributed by atoms with Crippen LogP contribution in [0.4, 0.5) is 0 Å². The highest BCUT2D eigenvalue weighted by Gasteiger charge is 2.13. The van der Waals surface area contributed by atoms with Crippen molar-refractivity contribution < 1.29 is 18.7 Å². The molecule has 3 rings (SSSR count). The molecule has 3 aromatic rings. The second-order valence-corrected chi connectivity index (χ2v) is 4.96. The maximum atomic E-state index is 11.5. The van der Waals surface area contributed by atoms with Crippen LogP contribution >= 0.6 is 0 Å². The quantitative estimate of drug-likeness (QED) is 0.546. The minimum absolute atomic E-state index is 0.174. The average molecular weight is 298 g/mol. The Balaban J connectivity index is 1.92. The third-order valence-corrected chi connectivity index (χ3v) is 3.42. The van der Waals surface area contributed by atoms with E-state index in [1.807, 2.05) is 19.1 Å². The summed E-state index contributed by atoms with van der Waals surface area (Å²) in [5.74, 6) is -0.329. The Labute approximate surface area is 126 Å². The van der Waals surface area contributed by atoms with Crippen LogP contribution in [-0.2, 0) is 11.3 Å². The summed E-state index contributed by atoms with van der Waals surface area (Å²) in [6.07, 6.45) is 0.728. The van der Waals surface area contributed by atoms with Crippen LogP contribution in [0, 0.1) is 6.92 Å². The number of methoxy groups -OCH3 is 1. The summed E-state index contributed by atoms with van der Waals surface area (Å²) < 4.78 is 11.8. The van der Waals surface area contributed by atoms with Crippen LogP contribution in [0.15, 0.2) is 34.7 Å². The normalized spacial score (nSPS) is 10.8. The van der Waals surface area contributed by atoms with Crippen molar-refractivity contribution >= 4 is 23.2 Å². The fraction of sp³-hybridized carbons (Fsp3) is 0.188. The molecule has 0 saturated heterocycles. The van der Waals surface area contributed by atoms with Gasteiger partial charge in [-0.05, 0) is 36.8 Å². The molecular weight excluding hydrogens is 284 g/mol. The van der Waals surface area contributed by atoms with Crippen molar-refractivity contribution in [2.24, 2.45) is 0 Å². The molecule has 0 fully saturated rings. The van der Waals surface area contributed by atoms with Gasteiger partial charge in [0, 0.05) is 11.1 Å². The molecule has 0 aliphatic carbocycles. The summed E-state index contributed by atoms with van der Waals surface area (Å²) in [5.41, 5.74) is 2.93. The highest BCUT2D eigenvalue weighted by molar-refractivity contribution is 5.92. The number of nitrogens with zero attached hydrogens (tertiary/aromatic N) is 2. The first-order valence-corrected chi connectivity index (χ1v) is 6.71. The van der Waals surface area contributed by atoms with Gasteiger partial charge in [-0.15, -0.1) is 0 Å². The summed E-state index contributed by atoms with van der Waals surface area (Å²) in [5, 5.41) is 5.02. The molecular formula is C16H14N2O4. The number of hydrogen-bond donors (Lipinski definition) is 0. The Morgan fingerprint density at radius 1 is 1.36 bits per heavy atom. The van der Waals surface area contributed by atoms with Crippen molar-refractivity contribution in [2.45, 2.75) is 13.5 Å². The zero-order valence-corrected chi connectivity index (χ0v) is 12.2. The molecule has 0 spiro atoms. The predicted octanol–water partition coefficient (Wildman–Crippen LogP) is 2.59. The topological polar surface area (TPSA) is 74.3 Å².